The highest BCUT2D eigenvalue weighted by Crippen LogP contribution is 2.28. The Kier molecular flexibility index (Phi) is 4.48. The summed E-state index contributed by atoms with van der Waals surface area (Å²) in [6, 6.07) is 14.2. The number of carbonyl (C=O) groups is 2. The van der Waals surface area contributed by atoms with Crippen LogP contribution in [0.3, 0.4) is 0 Å². The van der Waals surface area contributed by atoms with E-state index in [1.807, 2.05) is 6.07 Å². The van der Waals surface area contributed by atoms with E-state index >= 15 is 0 Å². The highest BCUT2D eigenvalue weighted by atomic mass is 35.5. The highest BCUT2D eigenvalue weighted by Gasteiger charge is 2.37. The van der Waals surface area contributed by atoms with Gasteiger partial charge < -0.3 is 14.8 Å². The average molecular weight is 348 g/mol. The lowest BCUT2D eigenvalue weighted by molar-refractivity contribution is -0.152. The predicted molar refractivity (Wildman–Crippen MR) is 84.6 cm³/mol. The standard InChI is InChI=1S/C17H11ClFNO4/c18-13-14(20-10-6-2-1-3-7-10)17(24-16(13)22)23-15(21)11-8-4-5-9-12(11)19/h1-9,17,20H. The number of hydrogen-bond acceptors (Lipinski definition) is 5. The van der Waals surface area contributed by atoms with Crippen molar-refractivity contribution in [3.05, 3.63) is 76.7 Å². The van der Waals surface area contributed by atoms with Crippen LogP contribution in [-0.2, 0) is 14.3 Å². The smallest absolute Gasteiger partial charge is 0.355 e. The first-order chi connectivity index (χ1) is 11.6. The van der Waals surface area contributed by atoms with Crippen LogP contribution in [0.15, 0.2) is 65.3 Å². The molecule has 0 bridgehead atoms. The Morgan fingerprint density at radius 3 is 2.50 bits per heavy atom. The molecule has 1 N–H and O–H groups in total. The van der Waals surface area contributed by atoms with E-state index in [2.05, 4.69) is 5.32 Å². The van der Waals surface area contributed by atoms with E-state index in [4.69, 9.17) is 21.1 Å². The summed E-state index contributed by atoms with van der Waals surface area (Å²) in [6.45, 7) is 0. The topological polar surface area (TPSA) is 64.6 Å². The van der Waals surface area contributed by atoms with Gasteiger partial charge in [-0.05, 0) is 24.3 Å². The van der Waals surface area contributed by atoms with Crippen molar-refractivity contribution >= 4 is 29.2 Å². The quantitative estimate of drug-likeness (QED) is 0.858. The van der Waals surface area contributed by atoms with Gasteiger partial charge in [0.1, 0.15) is 11.5 Å². The molecule has 0 aromatic heterocycles. The molecule has 0 amide bonds. The fraction of sp³-hybridized carbons (Fsp3) is 0.0588. The minimum absolute atomic E-state index is 0.0811. The van der Waals surface area contributed by atoms with Crippen molar-refractivity contribution in [1.82, 2.24) is 0 Å². The molecule has 0 radical (unpaired) electrons. The Bertz CT molecular complexity index is 822. The summed E-state index contributed by atoms with van der Waals surface area (Å²) in [5.74, 6) is -2.54. The maximum atomic E-state index is 13.6. The van der Waals surface area contributed by atoms with Gasteiger partial charge in [0.15, 0.2) is 5.03 Å². The molecule has 122 valence electrons. The molecule has 1 heterocycles. The zero-order chi connectivity index (χ0) is 17.1. The summed E-state index contributed by atoms with van der Waals surface area (Å²) in [5, 5.41) is 2.64. The Morgan fingerprint density at radius 1 is 1.12 bits per heavy atom. The molecule has 0 saturated heterocycles. The van der Waals surface area contributed by atoms with Crippen molar-refractivity contribution in [3.63, 3.8) is 0 Å². The molecule has 0 aliphatic carbocycles. The van der Waals surface area contributed by atoms with Gasteiger partial charge >= 0.3 is 11.9 Å². The zero-order valence-electron chi connectivity index (χ0n) is 12.2. The third-order valence-corrected chi connectivity index (χ3v) is 3.58. The molecule has 2 aromatic rings. The van der Waals surface area contributed by atoms with Gasteiger partial charge in [-0.25, -0.2) is 14.0 Å². The summed E-state index contributed by atoms with van der Waals surface area (Å²) in [7, 11) is 0. The molecule has 0 saturated carbocycles. The van der Waals surface area contributed by atoms with Gasteiger partial charge in [-0.15, -0.1) is 0 Å². The maximum Gasteiger partial charge on any atom is 0.355 e. The number of cyclic esters (lactones) is 1. The predicted octanol–water partition coefficient (Wildman–Crippen LogP) is 3.43. The molecule has 3 rings (SSSR count). The first-order valence-corrected chi connectivity index (χ1v) is 7.32. The zero-order valence-corrected chi connectivity index (χ0v) is 12.9. The van der Waals surface area contributed by atoms with Crippen LogP contribution in [0.4, 0.5) is 10.1 Å². The Morgan fingerprint density at radius 2 is 1.79 bits per heavy atom. The van der Waals surface area contributed by atoms with Gasteiger partial charge in [0, 0.05) is 5.69 Å². The van der Waals surface area contributed by atoms with Crippen molar-refractivity contribution in [3.8, 4) is 0 Å². The van der Waals surface area contributed by atoms with Crippen molar-refractivity contribution in [2.24, 2.45) is 0 Å². The lowest BCUT2D eigenvalue weighted by atomic mass is 10.2. The molecule has 0 spiro atoms. The van der Waals surface area contributed by atoms with Crippen molar-refractivity contribution in [2.75, 3.05) is 5.32 Å². The van der Waals surface area contributed by atoms with E-state index in [9.17, 15) is 14.0 Å². The monoisotopic (exact) mass is 347 g/mol. The molecule has 7 heteroatoms. The lowest BCUT2D eigenvalue weighted by Crippen LogP contribution is -2.24. The lowest BCUT2D eigenvalue weighted by Gasteiger charge is -2.16. The number of halogens is 2. The van der Waals surface area contributed by atoms with Gasteiger partial charge in [-0.2, -0.15) is 0 Å². The number of esters is 2. The molecule has 0 fully saturated rings. The van der Waals surface area contributed by atoms with Crippen LogP contribution in [0.5, 0.6) is 0 Å². The van der Waals surface area contributed by atoms with E-state index in [0.29, 0.717) is 5.69 Å². The third-order valence-electron chi connectivity index (χ3n) is 3.23. The number of rotatable bonds is 4. The second-order valence-corrected chi connectivity index (χ2v) is 5.22. The van der Waals surface area contributed by atoms with Crippen LogP contribution in [0.1, 0.15) is 10.4 Å². The van der Waals surface area contributed by atoms with E-state index in [-0.39, 0.29) is 16.3 Å². The second kappa shape index (κ2) is 6.72. The number of benzene rings is 2. The minimum atomic E-state index is -1.38. The van der Waals surface area contributed by atoms with Crippen molar-refractivity contribution < 1.29 is 23.5 Å². The van der Waals surface area contributed by atoms with Crippen molar-refractivity contribution in [2.45, 2.75) is 6.29 Å². The van der Waals surface area contributed by atoms with E-state index < -0.39 is 24.0 Å². The first-order valence-electron chi connectivity index (χ1n) is 6.94. The Balaban J connectivity index is 1.81. The fourth-order valence-electron chi connectivity index (χ4n) is 2.08. The number of anilines is 1. The van der Waals surface area contributed by atoms with Crippen LogP contribution in [0.2, 0.25) is 0 Å². The Hall–Kier alpha value is -2.86. The third kappa shape index (κ3) is 3.23. The summed E-state index contributed by atoms with van der Waals surface area (Å²) >= 11 is 5.91. The molecular weight excluding hydrogens is 337 g/mol. The van der Waals surface area contributed by atoms with Crippen LogP contribution in [-0.4, -0.2) is 18.2 Å². The molecular formula is C17H11ClFNO4. The average Bonchev–Trinajstić information content (AvgIpc) is 2.84. The first kappa shape index (κ1) is 16.0. The second-order valence-electron chi connectivity index (χ2n) is 4.84. The van der Waals surface area contributed by atoms with E-state index in [0.717, 1.165) is 6.07 Å². The van der Waals surface area contributed by atoms with Gasteiger partial charge in [0.25, 0.3) is 6.29 Å². The van der Waals surface area contributed by atoms with E-state index in [1.54, 1.807) is 24.3 Å². The van der Waals surface area contributed by atoms with Gasteiger partial charge in [0.05, 0.1) is 5.56 Å². The number of nitrogens with one attached hydrogen (secondary N) is 1. The van der Waals surface area contributed by atoms with Gasteiger partial charge in [-0.1, -0.05) is 41.9 Å². The summed E-state index contributed by atoms with van der Waals surface area (Å²) in [6.07, 6.45) is -1.38. The summed E-state index contributed by atoms with van der Waals surface area (Å²) in [5.41, 5.74) is 0.434. The molecule has 2 aromatic carbocycles. The number of carbonyl (C=O) groups excluding carboxylic acids is 2. The summed E-state index contributed by atoms with van der Waals surface area (Å²) < 4.78 is 23.6. The molecule has 1 atom stereocenters. The molecule has 1 unspecified atom stereocenters. The van der Waals surface area contributed by atoms with Crippen LogP contribution in [0, 0.1) is 5.82 Å². The van der Waals surface area contributed by atoms with Crippen LogP contribution < -0.4 is 5.32 Å². The van der Waals surface area contributed by atoms with Gasteiger partial charge in [-0.3, -0.25) is 0 Å². The van der Waals surface area contributed by atoms with Crippen LogP contribution in [0.25, 0.3) is 0 Å². The fourth-order valence-corrected chi connectivity index (χ4v) is 2.26. The Labute approximate surface area is 141 Å². The largest absolute Gasteiger partial charge is 0.415 e. The van der Waals surface area contributed by atoms with Crippen LogP contribution >= 0.6 is 11.6 Å². The number of hydrogen-bond donors (Lipinski definition) is 1. The van der Waals surface area contributed by atoms with E-state index in [1.165, 1.54) is 18.2 Å². The molecule has 5 nitrogen and oxygen atoms in total. The number of para-hydroxylation sites is 1. The molecule has 24 heavy (non-hydrogen) atoms. The molecule has 1 aliphatic rings. The van der Waals surface area contributed by atoms with Crippen molar-refractivity contribution in [1.29, 1.82) is 0 Å². The molecule has 1 aliphatic heterocycles. The minimum Gasteiger partial charge on any atom is -0.415 e. The normalized spacial score (nSPS) is 16.8. The van der Waals surface area contributed by atoms with Gasteiger partial charge in [0.2, 0.25) is 0 Å². The maximum absolute atomic E-state index is 13.6. The number of ether oxygens (including phenoxy) is 2. The highest BCUT2D eigenvalue weighted by molar-refractivity contribution is 6.42. The summed E-state index contributed by atoms with van der Waals surface area (Å²) in [4.78, 5) is 23.7. The SMILES string of the molecule is O=C1OC(OC(=O)c2ccccc2F)C(Nc2ccccc2)=C1Cl.